The van der Waals surface area contributed by atoms with Gasteiger partial charge in [-0.25, -0.2) is 9.59 Å². The predicted molar refractivity (Wildman–Crippen MR) is 65.7 cm³/mol. The van der Waals surface area contributed by atoms with E-state index in [1.54, 1.807) is 13.8 Å². The predicted octanol–water partition coefficient (Wildman–Crippen LogP) is 2.57. The standard InChI is InChI=1S/C11H13ClN2O3/c1-6(2)13-11(17)14-9-4-3-7(12)5-8(9)10(15)16/h3-6H,1-2H3,(H,15,16)(H2,13,14,17). The Kier molecular flexibility index (Phi) is 4.34. The third kappa shape index (κ3) is 3.96. The van der Waals surface area contributed by atoms with Crippen molar-refractivity contribution in [3.05, 3.63) is 28.8 Å². The highest BCUT2D eigenvalue weighted by Gasteiger charge is 2.13. The van der Waals surface area contributed by atoms with E-state index in [0.29, 0.717) is 5.02 Å². The van der Waals surface area contributed by atoms with E-state index in [1.807, 2.05) is 0 Å². The molecule has 0 saturated heterocycles. The number of hydrogen-bond donors (Lipinski definition) is 3. The molecule has 0 unspecified atom stereocenters. The first-order chi connectivity index (χ1) is 7.90. The Labute approximate surface area is 104 Å². The number of rotatable bonds is 3. The molecule has 17 heavy (non-hydrogen) atoms. The number of anilines is 1. The van der Waals surface area contributed by atoms with E-state index in [4.69, 9.17) is 16.7 Å². The number of carboxylic acid groups (broad SMARTS) is 1. The molecule has 3 N–H and O–H groups in total. The molecule has 0 saturated carbocycles. The number of halogens is 1. The van der Waals surface area contributed by atoms with Gasteiger partial charge in [0.05, 0.1) is 11.3 Å². The number of hydrogen-bond acceptors (Lipinski definition) is 2. The molecule has 92 valence electrons. The Morgan fingerprint density at radius 2 is 2.00 bits per heavy atom. The maximum Gasteiger partial charge on any atom is 0.337 e. The lowest BCUT2D eigenvalue weighted by Gasteiger charge is -2.12. The van der Waals surface area contributed by atoms with Crippen LogP contribution in [0.5, 0.6) is 0 Å². The lowest BCUT2D eigenvalue weighted by Crippen LogP contribution is -2.34. The molecule has 0 aromatic heterocycles. The van der Waals surface area contributed by atoms with Crippen LogP contribution in [0, 0.1) is 0 Å². The number of carboxylic acids is 1. The molecule has 1 rings (SSSR count). The summed E-state index contributed by atoms with van der Waals surface area (Å²) in [5, 5.41) is 14.3. The van der Waals surface area contributed by atoms with Crippen LogP contribution in [0.3, 0.4) is 0 Å². The first kappa shape index (κ1) is 13.3. The monoisotopic (exact) mass is 256 g/mol. The second kappa shape index (κ2) is 5.54. The molecule has 5 nitrogen and oxygen atoms in total. The topological polar surface area (TPSA) is 78.4 Å². The summed E-state index contributed by atoms with van der Waals surface area (Å²) >= 11 is 5.69. The number of amides is 2. The van der Waals surface area contributed by atoms with E-state index in [0.717, 1.165) is 0 Å². The van der Waals surface area contributed by atoms with Gasteiger partial charge in [-0.05, 0) is 32.0 Å². The van der Waals surface area contributed by atoms with Crippen molar-refractivity contribution < 1.29 is 14.7 Å². The molecule has 2 amide bonds. The number of urea groups is 1. The molecular formula is C11H13ClN2O3. The minimum atomic E-state index is -1.15. The van der Waals surface area contributed by atoms with Gasteiger partial charge in [0.1, 0.15) is 0 Å². The number of carbonyl (C=O) groups excluding carboxylic acids is 1. The van der Waals surface area contributed by atoms with Crippen LogP contribution in [-0.4, -0.2) is 23.1 Å². The van der Waals surface area contributed by atoms with E-state index in [1.165, 1.54) is 18.2 Å². The highest BCUT2D eigenvalue weighted by atomic mass is 35.5. The molecule has 0 aliphatic rings. The van der Waals surface area contributed by atoms with Crippen molar-refractivity contribution in [1.82, 2.24) is 5.32 Å². The Hall–Kier alpha value is -1.75. The van der Waals surface area contributed by atoms with Crippen LogP contribution >= 0.6 is 11.6 Å². The molecular weight excluding hydrogens is 244 g/mol. The van der Waals surface area contributed by atoms with Gasteiger partial charge in [0.15, 0.2) is 0 Å². The third-order valence-electron chi connectivity index (χ3n) is 1.88. The Bertz CT molecular complexity index is 446. The SMILES string of the molecule is CC(C)NC(=O)Nc1ccc(Cl)cc1C(=O)O. The number of benzene rings is 1. The molecule has 0 spiro atoms. The zero-order valence-corrected chi connectivity index (χ0v) is 10.2. The molecule has 0 bridgehead atoms. The summed E-state index contributed by atoms with van der Waals surface area (Å²) in [6.45, 7) is 3.61. The lowest BCUT2D eigenvalue weighted by molar-refractivity contribution is 0.0698. The Morgan fingerprint density at radius 3 is 2.53 bits per heavy atom. The van der Waals surface area contributed by atoms with Crippen molar-refractivity contribution in [2.75, 3.05) is 5.32 Å². The van der Waals surface area contributed by atoms with Gasteiger partial charge in [0, 0.05) is 11.1 Å². The molecule has 0 atom stereocenters. The van der Waals surface area contributed by atoms with Crippen LogP contribution in [0.4, 0.5) is 10.5 Å². The second-order valence-electron chi connectivity index (χ2n) is 3.75. The summed E-state index contributed by atoms with van der Waals surface area (Å²) in [4.78, 5) is 22.4. The van der Waals surface area contributed by atoms with Crippen LogP contribution < -0.4 is 10.6 Å². The molecule has 1 aromatic rings. The maximum absolute atomic E-state index is 11.4. The van der Waals surface area contributed by atoms with E-state index in [-0.39, 0.29) is 17.3 Å². The zero-order chi connectivity index (χ0) is 13.0. The van der Waals surface area contributed by atoms with Gasteiger partial charge in [0.2, 0.25) is 0 Å². The van der Waals surface area contributed by atoms with Crippen molar-refractivity contribution in [2.45, 2.75) is 19.9 Å². The molecule has 0 heterocycles. The third-order valence-corrected chi connectivity index (χ3v) is 2.12. The van der Waals surface area contributed by atoms with Crippen LogP contribution in [0.1, 0.15) is 24.2 Å². The van der Waals surface area contributed by atoms with Crippen molar-refractivity contribution in [1.29, 1.82) is 0 Å². The summed E-state index contributed by atoms with van der Waals surface area (Å²) in [7, 11) is 0. The van der Waals surface area contributed by atoms with E-state index < -0.39 is 12.0 Å². The van der Waals surface area contributed by atoms with Gasteiger partial charge in [-0.3, -0.25) is 0 Å². The van der Waals surface area contributed by atoms with Crippen molar-refractivity contribution in [3.63, 3.8) is 0 Å². The van der Waals surface area contributed by atoms with Crippen LogP contribution in [0.25, 0.3) is 0 Å². The number of nitrogens with one attached hydrogen (secondary N) is 2. The average molecular weight is 257 g/mol. The minimum absolute atomic E-state index is 0.0319. The fraction of sp³-hybridized carbons (Fsp3) is 0.273. The van der Waals surface area contributed by atoms with Crippen LogP contribution in [0.15, 0.2) is 18.2 Å². The summed E-state index contributed by atoms with van der Waals surface area (Å²) in [5.41, 5.74) is 0.163. The van der Waals surface area contributed by atoms with Gasteiger partial charge in [-0.2, -0.15) is 0 Å². The van der Waals surface area contributed by atoms with Gasteiger partial charge >= 0.3 is 12.0 Å². The van der Waals surface area contributed by atoms with Crippen LogP contribution in [0.2, 0.25) is 5.02 Å². The average Bonchev–Trinajstić information content (AvgIpc) is 2.19. The van der Waals surface area contributed by atoms with Crippen molar-refractivity contribution in [3.8, 4) is 0 Å². The zero-order valence-electron chi connectivity index (χ0n) is 9.45. The maximum atomic E-state index is 11.4. The van der Waals surface area contributed by atoms with Gasteiger partial charge in [0.25, 0.3) is 0 Å². The fourth-order valence-electron chi connectivity index (χ4n) is 1.22. The van der Waals surface area contributed by atoms with E-state index >= 15 is 0 Å². The largest absolute Gasteiger partial charge is 0.478 e. The molecule has 0 radical (unpaired) electrons. The van der Waals surface area contributed by atoms with Gasteiger partial charge < -0.3 is 15.7 Å². The smallest absolute Gasteiger partial charge is 0.337 e. The molecule has 0 aliphatic heterocycles. The summed E-state index contributed by atoms with van der Waals surface area (Å²) in [5.74, 6) is -1.15. The summed E-state index contributed by atoms with van der Waals surface area (Å²) in [6.07, 6.45) is 0. The quantitative estimate of drug-likeness (QED) is 0.778. The number of carbonyl (C=O) groups is 2. The molecule has 0 aliphatic carbocycles. The van der Waals surface area contributed by atoms with Crippen LogP contribution in [-0.2, 0) is 0 Å². The van der Waals surface area contributed by atoms with E-state index in [9.17, 15) is 9.59 Å². The second-order valence-corrected chi connectivity index (χ2v) is 4.18. The molecule has 0 fully saturated rings. The fourth-order valence-corrected chi connectivity index (χ4v) is 1.40. The highest BCUT2D eigenvalue weighted by Crippen LogP contribution is 2.20. The normalized spacial score (nSPS) is 10.1. The Morgan fingerprint density at radius 1 is 1.35 bits per heavy atom. The van der Waals surface area contributed by atoms with Gasteiger partial charge in [-0.1, -0.05) is 11.6 Å². The highest BCUT2D eigenvalue weighted by molar-refractivity contribution is 6.31. The minimum Gasteiger partial charge on any atom is -0.478 e. The molecule has 6 heteroatoms. The van der Waals surface area contributed by atoms with Crippen molar-refractivity contribution >= 4 is 29.3 Å². The summed E-state index contributed by atoms with van der Waals surface area (Å²) < 4.78 is 0. The number of aromatic carboxylic acids is 1. The first-order valence-corrected chi connectivity index (χ1v) is 5.38. The lowest BCUT2D eigenvalue weighted by atomic mass is 10.2. The molecule has 1 aromatic carbocycles. The van der Waals surface area contributed by atoms with E-state index in [2.05, 4.69) is 10.6 Å². The Balaban J connectivity index is 2.91. The van der Waals surface area contributed by atoms with Crippen molar-refractivity contribution in [2.24, 2.45) is 0 Å². The van der Waals surface area contributed by atoms with Gasteiger partial charge in [-0.15, -0.1) is 0 Å². The summed E-state index contributed by atoms with van der Waals surface area (Å²) in [6, 6.07) is 3.76. The first-order valence-electron chi connectivity index (χ1n) is 5.00.